The van der Waals surface area contributed by atoms with Crippen molar-refractivity contribution in [3.63, 3.8) is 0 Å². The van der Waals surface area contributed by atoms with Crippen LogP contribution in [0.4, 0.5) is 0 Å². The lowest BCUT2D eigenvalue weighted by Gasteiger charge is -2.25. The molecule has 2 heterocycles. The fraction of sp³-hybridized carbons (Fsp3) is 0.250. The number of hydrogen-bond acceptors (Lipinski definition) is 2. The van der Waals surface area contributed by atoms with E-state index in [1.165, 1.54) is 0 Å². The lowest BCUT2D eigenvalue weighted by atomic mass is 10.1. The third kappa shape index (κ3) is 2.97. The standard InChI is InChI=1S/C16H14BrClN2O/c17-13-9-11(5-6-14(13)18)16(21)20-8-2-4-15(20)12-3-1-7-19-10-12/h1,3,5-7,9-10,15H,2,4,8H2. The van der Waals surface area contributed by atoms with Gasteiger partial charge in [0, 0.05) is 29.0 Å². The van der Waals surface area contributed by atoms with Crippen LogP contribution in [0.3, 0.4) is 0 Å². The summed E-state index contributed by atoms with van der Waals surface area (Å²) in [5.74, 6) is 0.0405. The molecule has 5 heteroatoms. The van der Waals surface area contributed by atoms with Gasteiger partial charge < -0.3 is 4.90 Å². The van der Waals surface area contributed by atoms with Crippen LogP contribution in [0.15, 0.2) is 47.2 Å². The summed E-state index contributed by atoms with van der Waals surface area (Å²) in [6.07, 6.45) is 5.58. The Morgan fingerprint density at radius 1 is 1.38 bits per heavy atom. The van der Waals surface area contributed by atoms with Gasteiger partial charge in [-0.05, 0) is 58.6 Å². The molecule has 1 saturated heterocycles. The molecule has 3 nitrogen and oxygen atoms in total. The molecule has 2 aromatic rings. The van der Waals surface area contributed by atoms with E-state index < -0.39 is 0 Å². The Morgan fingerprint density at radius 2 is 2.24 bits per heavy atom. The zero-order chi connectivity index (χ0) is 14.8. The number of pyridine rings is 1. The topological polar surface area (TPSA) is 33.2 Å². The number of likely N-dealkylation sites (tertiary alicyclic amines) is 1. The molecule has 0 spiro atoms. The van der Waals surface area contributed by atoms with Gasteiger partial charge in [-0.2, -0.15) is 0 Å². The zero-order valence-electron chi connectivity index (χ0n) is 11.3. The van der Waals surface area contributed by atoms with Crippen LogP contribution in [0.2, 0.25) is 5.02 Å². The highest BCUT2D eigenvalue weighted by atomic mass is 79.9. The Balaban J connectivity index is 1.88. The van der Waals surface area contributed by atoms with Crippen LogP contribution in [0.5, 0.6) is 0 Å². The van der Waals surface area contributed by atoms with E-state index in [4.69, 9.17) is 11.6 Å². The molecule has 3 rings (SSSR count). The van der Waals surface area contributed by atoms with E-state index in [2.05, 4.69) is 20.9 Å². The first-order valence-electron chi connectivity index (χ1n) is 6.83. The number of rotatable bonds is 2. The van der Waals surface area contributed by atoms with Crippen LogP contribution >= 0.6 is 27.5 Å². The number of benzene rings is 1. The van der Waals surface area contributed by atoms with E-state index in [1.807, 2.05) is 23.2 Å². The van der Waals surface area contributed by atoms with E-state index in [1.54, 1.807) is 24.4 Å². The summed E-state index contributed by atoms with van der Waals surface area (Å²) in [4.78, 5) is 18.8. The van der Waals surface area contributed by atoms with Crippen LogP contribution < -0.4 is 0 Å². The fourth-order valence-electron chi connectivity index (χ4n) is 2.72. The highest BCUT2D eigenvalue weighted by Crippen LogP contribution is 2.33. The van der Waals surface area contributed by atoms with Crippen LogP contribution in [0.1, 0.15) is 34.8 Å². The molecular weight excluding hydrogens is 352 g/mol. The van der Waals surface area contributed by atoms with Gasteiger partial charge in [-0.15, -0.1) is 0 Å². The maximum Gasteiger partial charge on any atom is 0.254 e. The molecule has 1 amide bonds. The number of carbonyl (C=O) groups is 1. The van der Waals surface area contributed by atoms with Crippen molar-refractivity contribution in [3.8, 4) is 0 Å². The van der Waals surface area contributed by atoms with Crippen molar-refractivity contribution in [1.82, 2.24) is 9.88 Å². The number of hydrogen-bond donors (Lipinski definition) is 0. The fourth-order valence-corrected chi connectivity index (χ4v) is 3.22. The monoisotopic (exact) mass is 364 g/mol. The second-order valence-electron chi connectivity index (χ2n) is 5.07. The highest BCUT2D eigenvalue weighted by molar-refractivity contribution is 9.10. The summed E-state index contributed by atoms with van der Waals surface area (Å²) in [6.45, 7) is 0.776. The van der Waals surface area contributed by atoms with Crippen molar-refractivity contribution in [2.45, 2.75) is 18.9 Å². The highest BCUT2D eigenvalue weighted by Gasteiger charge is 2.30. The van der Waals surface area contributed by atoms with Crippen molar-refractivity contribution >= 4 is 33.4 Å². The molecule has 0 N–H and O–H groups in total. The zero-order valence-corrected chi connectivity index (χ0v) is 13.6. The third-order valence-corrected chi connectivity index (χ3v) is 4.96. The molecule has 108 valence electrons. The average Bonchev–Trinajstić information content (AvgIpc) is 2.99. The first-order chi connectivity index (χ1) is 10.2. The first-order valence-corrected chi connectivity index (χ1v) is 8.00. The van der Waals surface area contributed by atoms with Gasteiger partial charge in [-0.25, -0.2) is 0 Å². The van der Waals surface area contributed by atoms with Crippen LogP contribution in [-0.4, -0.2) is 22.3 Å². The summed E-state index contributed by atoms with van der Waals surface area (Å²) < 4.78 is 0.743. The summed E-state index contributed by atoms with van der Waals surface area (Å²) in [5.41, 5.74) is 1.75. The average molecular weight is 366 g/mol. The van der Waals surface area contributed by atoms with Gasteiger partial charge in [0.1, 0.15) is 0 Å². The molecule has 1 atom stereocenters. The number of amides is 1. The summed E-state index contributed by atoms with van der Waals surface area (Å²) in [7, 11) is 0. The Bertz CT molecular complexity index is 663. The molecule has 0 radical (unpaired) electrons. The predicted octanol–water partition coefficient (Wildman–Crippen LogP) is 4.47. The maximum absolute atomic E-state index is 12.7. The Morgan fingerprint density at radius 3 is 2.95 bits per heavy atom. The third-order valence-electron chi connectivity index (χ3n) is 3.75. The van der Waals surface area contributed by atoms with Gasteiger partial charge in [0.2, 0.25) is 0 Å². The minimum absolute atomic E-state index is 0.0405. The molecule has 0 saturated carbocycles. The van der Waals surface area contributed by atoms with Gasteiger partial charge in [0.15, 0.2) is 0 Å². The van der Waals surface area contributed by atoms with Crippen molar-refractivity contribution < 1.29 is 4.79 Å². The van der Waals surface area contributed by atoms with Crippen LogP contribution in [0.25, 0.3) is 0 Å². The van der Waals surface area contributed by atoms with Gasteiger partial charge in [0.05, 0.1) is 11.1 Å². The van der Waals surface area contributed by atoms with Crippen LogP contribution in [0, 0.1) is 0 Å². The number of halogens is 2. The number of aromatic nitrogens is 1. The van der Waals surface area contributed by atoms with Crippen molar-refractivity contribution in [2.75, 3.05) is 6.54 Å². The van der Waals surface area contributed by atoms with E-state index in [0.29, 0.717) is 10.6 Å². The second-order valence-corrected chi connectivity index (χ2v) is 6.33. The molecule has 0 bridgehead atoms. The molecule has 1 aliphatic rings. The molecule has 0 aliphatic carbocycles. The minimum Gasteiger partial charge on any atom is -0.332 e. The Labute approximate surface area is 137 Å². The van der Waals surface area contributed by atoms with E-state index >= 15 is 0 Å². The van der Waals surface area contributed by atoms with E-state index in [9.17, 15) is 4.79 Å². The maximum atomic E-state index is 12.7. The lowest BCUT2D eigenvalue weighted by molar-refractivity contribution is 0.0735. The van der Waals surface area contributed by atoms with Crippen LogP contribution in [-0.2, 0) is 0 Å². The molecule has 1 aromatic carbocycles. The normalized spacial score (nSPS) is 18.0. The first kappa shape index (κ1) is 14.5. The Hall–Kier alpha value is -1.39. The summed E-state index contributed by atoms with van der Waals surface area (Å²) in [5, 5.41) is 0.608. The SMILES string of the molecule is O=C(c1ccc(Cl)c(Br)c1)N1CCCC1c1cccnc1. The lowest BCUT2D eigenvalue weighted by Crippen LogP contribution is -2.30. The molecule has 1 fully saturated rings. The summed E-state index contributed by atoms with van der Waals surface area (Å²) in [6, 6.07) is 9.35. The van der Waals surface area contributed by atoms with Gasteiger partial charge in [0.25, 0.3) is 5.91 Å². The summed E-state index contributed by atoms with van der Waals surface area (Å²) >= 11 is 9.36. The smallest absolute Gasteiger partial charge is 0.254 e. The molecule has 21 heavy (non-hydrogen) atoms. The Kier molecular flexibility index (Phi) is 4.27. The molecule has 1 unspecified atom stereocenters. The predicted molar refractivity (Wildman–Crippen MR) is 86.4 cm³/mol. The van der Waals surface area contributed by atoms with Gasteiger partial charge >= 0.3 is 0 Å². The minimum atomic E-state index is 0.0405. The van der Waals surface area contributed by atoms with E-state index in [0.717, 1.165) is 29.4 Å². The molecule has 1 aromatic heterocycles. The van der Waals surface area contributed by atoms with Crippen molar-refractivity contribution in [3.05, 3.63) is 63.3 Å². The van der Waals surface area contributed by atoms with Gasteiger partial charge in [-0.1, -0.05) is 17.7 Å². The quantitative estimate of drug-likeness (QED) is 0.786. The largest absolute Gasteiger partial charge is 0.332 e. The number of nitrogens with zero attached hydrogens (tertiary/aromatic N) is 2. The van der Waals surface area contributed by atoms with E-state index in [-0.39, 0.29) is 11.9 Å². The molecule has 1 aliphatic heterocycles. The number of carbonyl (C=O) groups excluding carboxylic acids is 1. The molecular formula is C16H14BrClN2O. The second kappa shape index (κ2) is 6.16. The van der Waals surface area contributed by atoms with Crippen molar-refractivity contribution in [2.24, 2.45) is 0 Å². The van der Waals surface area contributed by atoms with Crippen molar-refractivity contribution in [1.29, 1.82) is 0 Å². The van der Waals surface area contributed by atoms with Gasteiger partial charge in [-0.3, -0.25) is 9.78 Å².